The number of aromatic nitrogens is 2. The third-order valence-electron chi connectivity index (χ3n) is 4.20. The summed E-state index contributed by atoms with van der Waals surface area (Å²) in [6, 6.07) is 6.18. The molecular weight excluding hydrogens is 311 g/mol. The van der Waals surface area contributed by atoms with Crippen LogP contribution in [0.5, 0.6) is 0 Å². The van der Waals surface area contributed by atoms with Gasteiger partial charge in [0, 0.05) is 31.4 Å². The average Bonchev–Trinajstić information content (AvgIpc) is 3.10. The zero-order chi connectivity index (χ0) is 16.9. The zero-order valence-corrected chi connectivity index (χ0v) is 13.6. The zero-order valence-electron chi connectivity index (χ0n) is 13.6. The number of carbonyl (C=O) groups is 1. The summed E-state index contributed by atoms with van der Waals surface area (Å²) in [6.45, 7) is 5.86. The molecule has 1 saturated heterocycles. The molecule has 1 atom stereocenters. The average molecular weight is 332 g/mol. The predicted molar refractivity (Wildman–Crippen MR) is 87.7 cm³/mol. The molecule has 1 fully saturated rings. The lowest BCUT2D eigenvalue weighted by atomic mass is 10.2. The van der Waals surface area contributed by atoms with E-state index in [1.54, 1.807) is 23.0 Å². The highest BCUT2D eigenvalue weighted by molar-refractivity contribution is 5.93. The summed E-state index contributed by atoms with van der Waals surface area (Å²) in [5.74, 6) is -0.513. The van der Waals surface area contributed by atoms with Crippen LogP contribution < -0.4 is 5.32 Å². The summed E-state index contributed by atoms with van der Waals surface area (Å²) in [5.41, 5.74) is 1.12. The van der Waals surface area contributed by atoms with Gasteiger partial charge in [-0.2, -0.15) is 0 Å². The van der Waals surface area contributed by atoms with Gasteiger partial charge in [-0.25, -0.2) is 9.37 Å². The number of nitrogens with one attached hydrogen (secondary N) is 1. The fourth-order valence-corrected chi connectivity index (χ4v) is 2.75. The molecule has 7 heteroatoms. The predicted octanol–water partition coefficient (Wildman–Crippen LogP) is 1.46. The van der Waals surface area contributed by atoms with Gasteiger partial charge in [0.25, 0.3) is 5.91 Å². The van der Waals surface area contributed by atoms with Crippen LogP contribution in [-0.2, 0) is 4.74 Å². The smallest absolute Gasteiger partial charge is 0.269 e. The maximum atomic E-state index is 13.1. The van der Waals surface area contributed by atoms with Gasteiger partial charge >= 0.3 is 0 Å². The van der Waals surface area contributed by atoms with Crippen molar-refractivity contribution in [1.82, 2.24) is 19.8 Å². The molecule has 0 unspecified atom stereocenters. The van der Waals surface area contributed by atoms with Crippen molar-refractivity contribution in [3.8, 4) is 5.69 Å². The number of rotatable bonds is 5. The Morgan fingerprint density at radius 3 is 2.75 bits per heavy atom. The molecule has 3 rings (SSSR count). The van der Waals surface area contributed by atoms with Crippen LogP contribution in [0.3, 0.4) is 0 Å². The lowest BCUT2D eigenvalue weighted by Crippen LogP contribution is -2.47. The van der Waals surface area contributed by atoms with E-state index in [9.17, 15) is 9.18 Å². The highest BCUT2D eigenvalue weighted by Crippen LogP contribution is 2.12. The van der Waals surface area contributed by atoms with Crippen molar-refractivity contribution in [2.75, 3.05) is 32.8 Å². The first-order chi connectivity index (χ1) is 11.6. The molecule has 6 nitrogen and oxygen atoms in total. The summed E-state index contributed by atoms with van der Waals surface area (Å²) in [4.78, 5) is 18.8. The third-order valence-corrected chi connectivity index (χ3v) is 4.20. The number of amides is 1. The van der Waals surface area contributed by atoms with E-state index in [-0.39, 0.29) is 17.8 Å². The van der Waals surface area contributed by atoms with Crippen molar-refractivity contribution in [3.05, 3.63) is 48.3 Å². The molecule has 1 N–H and O–H groups in total. The second-order valence-corrected chi connectivity index (χ2v) is 5.83. The summed E-state index contributed by atoms with van der Waals surface area (Å²) >= 11 is 0. The van der Waals surface area contributed by atoms with Crippen molar-refractivity contribution in [2.24, 2.45) is 0 Å². The van der Waals surface area contributed by atoms with Crippen molar-refractivity contribution in [2.45, 2.75) is 13.0 Å². The molecule has 0 bridgehead atoms. The lowest BCUT2D eigenvalue weighted by molar-refractivity contribution is 0.0204. The molecule has 2 aromatic rings. The van der Waals surface area contributed by atoms with Gasteiger partial charge < -0.3 is 10.1 Å². The minimum atomic E-state index is -0.316. The van der Waals surface area contributed by atoms with Gasteiger partial charge in [0.05, 0.1) is 25.7 Å². The fraction of sp³-hybridized carbons (Fsp3) is 0.412. The van der Waals surface area contributed by atoms with E-state index in [1.165, 1.54) is 18.3 Å². The van der Waals surface area contributed by atoms with Crippen LogP contribution in [0.1, 0.15) is 17.4 Å². The van der Waals surface area contributed by atoms with Crippen molar-refractivity contribution >= 4 is 5.91 Å². The van der Waals surface area contributed by atoms with Crippen LogP contribution in [0.2, 0.25) is 0 Å². The largest absolute Gasteiger partial charge is 0.379 e. The Labute approximate surface area is 140 Å². The van der Waals surface area contributed by atoms with Crippen LogP contribution in [0, 0.1) is 5.82 Å². The van der Waals surface area contributed by atoms with Crippen LogP contribution >= 0.6 is 0 Å². The summed E-state index contributed by atoms with van der Waals surface area (Å²) in [5, 5.41) is 2.95. The second-order valence-electron chi connectivity index (χ2n) is 5.83. The van der Waals surface area contributed by atoms with Crippen LogP contribution in [0.4, 0.5) is 4.39 Å². The van der Waals surface area contributed by atoms with E-state index in [0.717, 1.165) is 26.3 Å². The molecule has 1 amide bonds. The Kier molecular flexibility index (Phi) is 5.22. The number of nitrogens with zero attached hydrogens (tertiary/aromatic N) is 3. The molecule has 0 spiro atoms. The molecule has 1 aliphatic heterocycles. The minimum absolute atomic E-state index is 0.197. The molecule has 128 valence electrons. The maximum absolute atomic E-state index is 13.1. The molecule has 0 saturated carbocycles. The van der Waals surface area contributed by atoms with Crippen molar-refractivity contribution < 1.29 is 13.9 Å². The maximum Gasteiger partial charge on any atom is 0.269 e. The van der Waals surface area contributed by atoms with E-state index >= 15 is 0 Å². The molecular formula is C17H21FN4O2. The number of hydrogen-bond donors (Lipinski definition) is 1. The number of morpholine rings is 1. The van der Waals surface area contributed by atoms with Crippen molar-refractivity contribution in [1.29, 1.82) is 0 Å². The Hall–Kier alpha value is -2.25. The first-order valence-corrected chi connectivity index (χ1v) is 8.03. The van der Waals surface area contributed by atoms with E-state index in [1.807, 2.05) is 0 Å². The van der Waals surface area contributed by atoms with E-state index in [2.05, 4.69) is 22.1 Å². The van der Waals surface area contributed by atoms with Gasteiger partial charge in [0.1, 0.15) is 11.5 Å². The third kappa shape index (κ3) is 3.80. The summed E-state index contributed by atoms with van der Waals surface area (Å²) in [7, 11) is 0. The summed E-state index contributed by atoms with van der Waals surface area (Å²) < 4.78 is 20.0. The van der Waals surface area contributed by atoms with Gasteiger partial charge in [-0.3, -0.25) is 14.3 Å². The second kappa shape index (κ2) is 7.55. The molecule has 1 aromatic carbocycles. The van der Waals surface area contributed by atoms with Crippen molar-refractivity contribution in [3.63, 3.8) is 0 Å². The van der Waals surface area contributed by atoms with Gasteiger partial charge in [-0.05, 0) is 31.2 Å². The standard InChI is InChI=1S/C17H21FN4O2/c1-13(21-6-8-24-9-7-21)10-20-17(23)16-11-19-12-22(16)15-4-2-14(18)3-5-15/h2-5,11-13H,6-10H2,1H3,(H,20,23)/t13-/m1/s1. The highest BCUT2D eigenvalue weighted by Gasteiger charge is 2.19. The van der Waals surface area contributed by atoms with Gasteiger partial charge in [-0.1, -0.05) is 0 Å². The monoisotopic (exact) mass is 332 g/mol. The first kappa shape index (κ1) is 16.6. The number of hydrogen-bond acceptors (Lipinski definition) is 4. The topological polar surface area (TPSA) is 59.4 Å². The summed E-state index contributed by atoms with van der Waals surface area (Å²) in [6.07, 6.45) is 3.06. The Morgan fingerprint density at radius 2 is 2.04 bits per heavy atom. The molecule has 1 aromatic heterocycles. The number of benzene rings is 1. The number of ether oxygens (including phenoxy) is 1. The Morgan fingerprint density at radius 1 is 1.33 bits per heavy atom. The number of carbonyl (C=O) groups excluding carboxylic acids is 1. The first-order valence-electron chi connectivity index (χ1n) is 8.03. The van der Waals surface area contributed by atoms with Crippen LogP contribution in [0.15, 0.2) is 36.8 Å². The molecule has 0 radical (unpaired) electrons. The molecule has 1 aliphatic rings. The molecule has 24 heavy (non-hydrogen) atoms. The van der Waals surface area contributed by atoms with Crippen LogP contribution in [-0.4, -0.2) is 59.2 Å². The Bertz CT molecular complexity index is 680. The minimum Gasteiger partial charge on any atom is -0.379 e. The number of imidazole rings is 1. The SMILES string of the molecule is C[C@H](CNC(=O)c1cncn1-c1ccc(F)cc1)N1CCOCC1. The molecule has 2 heterocycles. The van der Waals surface area contributed by atoms with E-state index < -0.39 is 0 Å². The van der Waals surface area contributed by atoms with Gasteiger partial charge in [0.15, 0.2) is 0 Å². The highest BCUT2D eigenvalue weighted by atomic mass is 19.1. The normalized spacial score (nSPS) is 16.8. The van der Waals surface area contributed by atoms with Gasteiger partial charge in [-0.15, -0.1) is 0 Å². The van der Waals surface area contributed by atoms with E-state index in [4.69, 9.17) is 4.74 Å². The lowest BCUT2D eigenvalue weighted by Gasteiger charge is -2.32. The van der Waals surface area contributed by atoms with Crippen LogP contribution in [0.25, 0.3) is 5.69 Å². The number of halogens is 1. The Balaban J connectivity index is 1.63. The van der Waals surface area contributed by atoms with E-state index in [0.29, 0.717) is 17.9 Å². The molecule has 0 aliphatic carbocycles. The fourth-order valence-electron chi connectivity index (χ4n) is 2.75. The quantitative estimate of drug-likeness (QED) is 0.901. The van der Waals surface area contributed by atoms with Gasteiger partial charge in [0.2, 0.25) is 0 Å².